The molecule has 17 heavy (non-hydrogen) atoms. The molecule has 2 unspecified atom stereocenters. The molecule has 0 amide bonds. The zero-order chi connectivity index (χ0) is 12.1. The Morgan fingerprint density at radius 1 is 1.47 bits per heavy atom. The van der Waals surface area contributed by atoms with Gasteiger partial charge in [-0.1, -0.05) is 6.07 Å². The lowest BCUT2D eigenvalue weighted by molar-refractivity contribution is 0.104. The summed E-state index contributed by atoms with van der Waals surface area (Å²) in [6.45, 7) is 0.859. The maximum atomic E-state index is 12.9. The minimum absolute atomic E-state index is 0.324. The van der Waals surface area contributed by atoms with Gasteiger partial charge in [0.2, 0.25) is 0 Å². The van der Waals surface area contributed by atoms with Crippen molar-refractivity contribution in [2.45, 2.75) is 36.7 Å². The molecule has 1 aromatic rings. The predicted octanol–water partition coefficient (Wildman–Crippen LogP) is 2.89. The summed E-state index contributed by atoms with van der Waals surface area (Å²) < 4.78 is 30.3. The van der Waals surface area contributed by atoms with E-state index in [1.807, 2.05) is 0 Å². The van der Waals surface area contributed by atoms with Crippen LogP contribution in [0.4, 0.5) is 4.39 Å². The Kier molecular flexibility index (Phi) is 4.68. The van der Waals surface area contributed by atoms with Gasteiger partial charge in [0.05, 0.1) is 16.9 Å². The summed E-state index contributed by atoms with van der Waals surface area (Å²) in [5.41, 5.74) is 0. The fourth-order valence-corrected chi connectivity index (χ4v) is 3.18. The molecule has 2 atom stereocenters. The number of hydrogen-bond acceptors (Lipinski definition) is 2. The molecule has 2 rings (SSSR count). The SMILES string of the molecule is O=S(CCCC1CCCO1)c1cccc(F)c1. The second-order valence-electron chi connectivity index (χ2n) is 4.28. The van der Waals surface area contributed by atoms with Gasteiger partial charge in [-0.25, -0.2) is 4.39 Å². The van der Waals surface area contributed by atoms with Crippen LogP contribution in [0.3, 0.4) is 0 Å². The topological polar surface area (TPSA) is 26.3 Å². The molecule has 0 spiro atoms. The number of ether oxygens (including phenoxy) is 1. The first-order valence-corrected chi connectivity index (χ1v) is 7.33. The van der Waals surface area contributed by atoms with Crippen LogP contribution in [0, 0.1) is 5.82 Å². The van der Waals surface area contributed by atoms with Crippen LogP contribution in [0.2, 0.25) is 0 Å². The standard InChI is InChI=1S/C13H17FO2S/c14-11-4-1-7-13(10-11)17(15)9-3-6-12-5-2-8-16-12/h1,4,7,10,12H,2-3,5-6,8-9H2. The van der Waals surface area contributed by atoms with Crippen molar-refractivity contribution in [2.75, 3.05) is 12.4 Å². The van der Waals surface area contributed by atoms with Gasteiger partial charge in [-0.3, -0.25) is 4.21 Å². The van der Waals surface area contributed by atoms with Crippen molar-refractivity contribution in [1.82, 2.24) is 0 Å². The minimum atomic E-state index is -1.09. The van der Waals surface area contributed by atoms with Gasteiger partial charge in [0.15, 0.2) is 0 Å². The third-order valence-electron chi connectivity index (χ3n) is 2.94. The van der Waals surface area contributed by atoms with Gasteiger partial charge in [-0.05, 0) is 43.9 Å². The summed E-state index contributed by atoms with van der Waals surface area (Å²) in [6, 6.07) is 6.03. The summed E-state index contributed by atoms with van der Waals surface area (Å²) in [7, 11) is -1.09. The molecule has 94 valence electrons. The third-order valence-corrected chi connectivity index (χ3v) is 4.38. The molecular formula is C13H17FO2S. The molecule has 1 fully saturated rings. The Labute approximate surface area is 104 Å². The van der Waals surface area contributed by atoms with Crippen LogP contribution in [0.5, 0.6) is 0 Å². The first-order chi connectivity index (χ1) is 8.25. The summed E-state index contributed by atoms with van der Waals surface area (Å²) >= 11 is 0. The van der Waals surface area contributed by atoms with Gasteiger partial charge in [0.25, 0.3) is 0 Å². The molecular weight excluding hydrogens is 239 g/mol. The summed E-state index contributed by atoms with van der Waals surface area (Å²) in [5.74, 6) is 0.263. The molecule has 0 radical (unpaired) electrons. The summed E-state index contributed by atoms with van der Waals surface area (Å²) in [4.78, 5) is 0.581. The maximum Gasteiger partial charge on any atom is 0.124 e. The van der Waals surface area contributed by atoms with Gasteiger partial charge < -0.3 is 4.74 Å². The van der Waals surface area contributed by atoms with E-state index in [9.17, 15) is 8.60 Å². The molecule has 1 aromatic carbocycles. The van der Waals surface area contributed by atoms with Crippen LogP contribution in [0.1, 0.15) is 25.7 Å². The molecule has 0 saturated carbocycles. The van der Waals surface area contributed by atoms with E-state index in [2.05, 4.69) is 0 Å². The van der Waals surface area contributed by atoms with Crippen molar-refractivity contribution < 1.29 is 13.3 Å². The summed E-state index contributed by atoms with van der Waals surface area (Å²) in [5, 5.41) is 0. The van der Waals surface area contributed by atoms with E-state index >= 15 is 0 Å². The van der Waals surface area contributed by atoms with Crippen molar-refractivity contribution >= 4 is 10.8 Å². The molecule has 2 nitrogen and oxygen atoms in total. The Morgan fingerprint density at radius 2 is 2.35 bits per heavy atom. The molecule has 0 bridgehead atoms. The molecule has 1 aliphatic rings. The maximum absolute atomic E-state index is 12.9. The first-order valence-electron chi connectivity index (χ1n) is 6.01. The average Bonchev–Trinajstić information content (AvgIpc) is 2.82. The van der Waals surface area contributed by atoms with E-state index in [0.717, 1.165) is 32.3 Å². The third kappa shape index (κ3) is 3.89. The monoisotopic (exact) mass is 256 g/mol. The zero-order valence-electron chi connectivity index (χ0n) is 9.73. The quantitative estimate of drug-likeness (QED) is 0.809. The minimum Gasteiger partial charge on any atom is -0.378 e. The van der Waals surface area contributed by atoms with Gasteiger partial charge in [-0.2, -0.15) is 0 Å². The Hall–Kier alpha value is -0.740. The lowest BCUT2D eigenvalue weighted by atomic mass is 10.1. The Balaban J connectivity index is 1.77. The van der Waals surface area contributed by atoms with Gasteiger partial charge >= 0.3 is 0 Å². The van der Waals surface area contributed by atoms with Crippen LogP contribution in [0.15, 0.2) is 29.2 Å². The molecule has 1 saturated heterocycles. The summed E-state index contributed by atoms with van der Waals surface area (Å²) in [6.07, 6.45) is 4.43. The molecule has 0 N–H and O–H groups in total. The van der Waals surface area contributed by atoms with Crippen LogP contribution in [0.25, 0.3) is 0 Å². The van der Waals surface area contributed by atoms with Crippen LogP contribution >= 0.6 is 0 Å². The molecule has 0 aliphatic carbocycles. The van der Waals surface area contributed by atoms with E-state index < -0.39 is 10.8 Å². The number of hydrogen-bond donors (Lipinski definition) is 0. The van der Waals surface area contributed by atoms with Gasteiger partial charge in [-0.15, -0.1) is 0 Å². The normalized spacial score (nSPS) is 21.6. The van der Waals surface area contributed by atoms with Crippen LogP contribution in [-0.4, -0.2) is 22.7 Å². The highest BCUT2D eigenvalue weighted by Crippen LogP contribution is 2.18. The number of rotatable bonds is 5. The van der Waals surface area contributed by atoms with Crippen molar-refractivity contribution in [3.63, 3.8) is 0 Å². The molecule has 1 aliphatic heterocycles. The smallest absolute Gasteiger partial charge is 0.124 e. The van der Waals surface area contributed by atoms with Gasteiger partial charge in [0.1, 0.15) is 5.82 Å². The van der Waals surface area contributed by atoms with E-state index in [-0.39, 0.29) is 5.82 Å². The van der Waals surface area contributed by atoms with E-state index in [1.54, 1.807) is 12.1 Å². The lowest BCUT2D eigenvalue weighted by Gasteiger charge is -2.08. The fraction of sp³-hybridized carbons (Fsp3) is 0.538. The van der Waals surface area contributed by atoms with E-state index in [4.69, 9.17) is 4.74 Å². The molecule has 0 aromatic heterocycles. The van der Waals surface area contributed by atoms with Crippen molar-refractivity contribution in [3.05, 3.63) is 30.1 Å². The zero-order valence-corrected chi connectivity index (χ0v) is 10.5. The average molecular weight is 256 g/mol. The Bertz CT molecular complexity index is 389. The second-order valence-corrected chi connectivity index (χ2v) is 5.85. The molecule has 4 heteroatoms. The van der Waals surface area contributed by atoms with E-state index in [0.29, 0.717) is 16.8 Å². The highest BCUT2D eigenvalue weighted by atomic mass is 32.2. The largest absolute Gasteiger partial charge is 0.378 e. The highest BCUT2D eigenvalue weighted by molar-refractivity contribution is 7.85. The van der Waals surface area contributed by atoms with Gasteiger partial charge in [0, 0.05) is 17.3 Å². The van der Waals surface area contributed by atoms with Crippen molar-refractivity contribution in [1.29, 1.82) is 0 Å². The fourth-order valence-electron chi connectivity index (χ4n) is 2.04. The predicted molar refractivity (Wildman–Crippen MR) is 65.9 cm³/mol. The number of benzene rings is 1. The second kappa shape index (κ2) is 6.26. The van der Waals surface area contributed by atoms with Crippen LogP contribution < -0.4 is 0 Å². The molecule has 1 heterocycles. The van der Waals surface area contributed by atoms with E-state index in [1.165, 1.54) is 12.1 Å². The first kappa shape index (κ1) is 12.7. The Morgan fingerprint density at radius 3 is 3.06 bits per heavy atom. The lowest BCUT2D eigenvalue weighted by Crippen LogP contribution is -2.07. The van der Waals surface area contributed by atoms with Crippen LogP contribution in [-0.2, 0) is 15.5 Å². The number of halogens is 1. The van der Waals surface area contributed by atoms with Crippen molar-refractivity contribution in [3.8, 4) is 0 Å². The van der Waals surface area contributed by atoms with Crippen molar-refractivity contribution in [2.24, 2.45) is 0 Å². The highest BCUT2D eigenvalue weighted by Gasteiger charge is 2.15.